The molecule has 0 spiro atoms. The molecule has 1 aliphatic rings. The van der Waals surface area contributed by atoms with Gasteiger partial charge in [0.1, 0.15) is 17.0 Å². The third-order valence-electron chi connectivity index (χ3n) is 4.53. The summed E-state index contributed by atoms with van der Waals surface area (Å²) in [4.78, 5) is 29.8. The van der Waals surface area contributed by atoms with Gasteiger partial charge in [-0.05, 0) is 18.2 Å². The summed E-state index contributed by atoms with van der Waals surface area (Å²) in [6.45, 7) is 6.61. The summed E-state index contributed by atoms with van der Waals surface area (Å²) in [6, 6.07) is 10.0. The minimum absolute atomic E-state index is 0.0495. The highest BCUT2D eigenvalue weighted by Gasteiger charge is 2.25. The summed E-state index contributed by atoms with van der Waals surface area (Å²) in [7, 11) is 0. The molecule has 0 bridgehead atoms. The number of nitrogens with zero attached hydrogens (tertiary/aromatic N) is 5. The van der Waals surface area contributed by atoms with Crippen LogP contribution in [0.2, 0.25) is 0 Å². The standard InChI is InChI=1S/C19H21N5O2/c1-13(2)17-20-8-7-15(21-17)18(25)23-9-11-24(12-10-23)19-22-14-5-3-4-6-16(14)26-19/h3-8,13H,9-12H2,1-2H3. The van der Waals surface area contributed by atoms with Gasteiger partial charge in [0.25, 0.3) is 11.9 Å². The molecule has 2 aromatic heterocycles. The lowest BCUT2D eigenvalue weighted by atomic mass is 10.2. The highest BCUT2D eigenvalue weighted by atomic mass is 16.4. The van der Waals surface area contributed by atoms with Gasteiger partial charge in [-0.3, -0.25) is 4.79 Å². The highest BCUT2D eigenvalue weighted by molar-refractivity contribution is 5.92. The van der Waals surface area contributed by atoms with Crippen molar-refractivity contribution in [3.05, 3.63) is 48.0 Å². The highest BCUT2D eigenvalue weighted by Crippen LogP contribution is 2.22. The Bertz CT molecular complexity index is 895. The van der Waals surface area contributed by atoms with Crippen molar-refractivity contribution in [3.63, 3.8) is 0 Å². The molecule has 134 valence electrons. The number of rotatable bonds is 3. The molecule has 0 radical (unpaired) electrons. The number of piperazine rings is 1. The number of fused-ring (bicyclic) bond motifs is 1. The summed E-state index contributed by atoms with van der Waals surface area (Å²) in [6.07, 6.45) is 1.66. The van der Waals surface area contributed by atoms with Crippen LogP contribution in [-0.2, 0) is 0 Å². The molecule has 7 nitrogen and oxygen atoms in total. The second-order valence-corrected chi connectivity index (χ2v) is 6.70. The first-order valence-electron chi connectivity index (χ1n) is 8.84. The van der Waals surface area contributed by atoms with Gasteiger partial charge < -0.3 is 14.2 Å². The monoisotopic (exact) mass is 351 g/mol. The van der Waals surface area contributed by atoms with E-state index >= 15 is 0 Å². The fraction of sp³-hybridized carbons (Fsp3) is 0.368. The fourth-order valence-corrected chi connectivity index (χ4v) is 3.03. The Morgan fingerprint density at radius 2 is 1.85 bits per heavy atom. The maximum absolute atomic E-state index is 12.7. The largest absolute Gasteiger partial charge is 0.423 e. The van der Waals surface area contributed by atoms with Gasteiger partial charge in [-0.15, -0.1) is 0 Å². The van der Waals surface area contributed by atoms with Gasteiger partial charge in [-0.2, -0.15) is 4.98 Å². The molecule has 0 unspecified atom stereocenters. The van der Waals surface area contributed by atoms with Crippen molar-refractivity contribution in [3.8, 4) is 0 Å². The number of carbonyl (C=O) groups excluding carboxylic acids is 1. The maximum atomic E-state index is 12.7. The molecule has 3 heterocycles. The van der Waals surface area contributed by atoms with Crippen LogP contribution in [0, 0.1) is 0 Å². The Hall–Kier alpha value is -2.96. The molecule has 1 aromatic carbocycles. The first-order chi connectivity index (χ1) is 12.6. The second-order valence-electron chi connectivity index (χ2n) is 6.70. The van der Waals surface area contributed by atoms with Crippen LogP contribution < -0.4 is 4.90 Å². The Morgan fingerprint density at radius 1 is 1.08 bits per heavy atom. The summed E-state index contributed by atoms with van der Waals surface area (Å²) >= 11 is 0. The molecule has 7 heteroatoms. The van der Waals surface area contributed by atoms with Crippen molar-refractivity contribution >= 4 is 23.0 Å². The zero-order chi connectivity index (χ0) is 18.1. The summed E-state index contributed by atoms with van der Waals surface area (Å²) < 4.78 is 5.82. The smallest absolute Gasteiger partial charge is 0.298 e. The van der Waals surface area contributed by atoms with E-state index in [0.29, 0.717) is 43.7 Å². The number of anilines is 1. The van der Waals surface area contributed by atoms with Gasteiger partial charge in [-0.25, -0.2) is 9.97 Å². The average molecular weight is 351 g/mol. The molecule has 0 saturated carbocycles. The number of hydrogen-bond donors (Lipinski definition) is 0. The van der Waals surface area contributed by atoms with Crippen LogP contribution in [0.25, 0.3) is 11.1 Å². The Morgan fingerprint density at radius 3 is 2.58 bits per heavy atom. The molecule has 26 heavy (non-hydrogen) atoms. The van der Waals surface area contributed by atoms with E-state index in [1.807, 2.05) is 43.0 Å². The topological polar surface area (TPSA) is 75.4 Å². The van der Waals surface area contributed by atoms with Crippen LogP contribution in [-0.4, -0.2) is 51.9 Å². The number of carbonyl (C=O) groups is 1. The van der Waals surface area contributed by atoms with E-state index in [2.05, 4.69) is 19.9 Å². The molecular formula is C19H21N5O2. The Balaban J connectivity index is 1.44. The minimum Gasteiger partial charge on any atom is -0.423 e. The quantitative estimate of drug-likeness (QED) is 0.722. The van der Waals surface area contributed by atoms with Gasteiger partial charge in [0.05, 0.1) is 0 Å². The lowest BCUT2D eigenvalue weighted by molar-refractivity contribution is 0.0738. The molecule has 1 fully saturated rings. The summed E-state index contributed by atoms with van der Waals surface area (Å²) in [5.41, 5.74) is 2.09. The van der Waals surface area contributed by atoms with Crippen molar-refractivity contribution in [2.24, 2.45) is 0 Å². The van der Waals surface area contributed by atoms with E-state index in [1.54, 1.807) is 12.3 Å². The molecule has 0 N–H and O–H groups in total. The third-order valence-corrected chi connectivity index (χ3v) is 4.53. The van der Waals surface area contributed by atoms with E-state index in [0.717, 1.165) is 11.1 Å². The van der Waals surface area contributed by atoms with E-state index in [4.69, 9.17) is 4.42 Å². The first kappa shape index (κ1) is 16.5. The van der Waals surface area contributed by atoms with Crippen LogP contribution in [0.1, 0.15) is 36.1 Å². The first-order valence-corrected chi connectivity index (χ1v) is 8.84. The molecule has 1 aliphatic heterocycles. The number of oxazole rings is 1. The Labute approximate surface area is 151 Å². The number of benzene rings is 1. The lowest BCUT2D eigenvalue weighted by Crippen LogP contribution is -2.49. The van der Waals surface area contributed by atoms with Crippen molar-refractivity contribution in [2.45, 2.75) is 19.8 Å². The van der Waals surface area contributed by atoms with E-state index in [9.17, 15) is 4.79 Å². The number of para-hydroxylation sites is 2. The van der Waals surface area contributed by atoms with Crippen LogP contribution in [0.15, 0.2) is 40.9 Å². The molecule has 0 atom stereocenters. The molecule has 3 aromatic rings. The van der Waals surface area contributed by atoms with Crippen LogP contribution in [0.5, 0.6) is 0 Å². The minimum atomic E-state index is -0.0495. The molecule has 0 aliphatic carbocycles. The molecule has 1 saturated heterocycles. The Kier molecular flexibility index (Phi) is 4.28. The zero-order valence-electron chi connectivity index (χ0n) is 14.9. The van der Waals surface area contributed by atoms with Gasteiger partial charge in [0.15, 0.2) is 5.58 Å². The summed E-state index contributed by atoms with van der Waals surface area (Å²) in [5, 5.41) is 0. The number of hydrogen-bond acceptors (Lipinski definition) is 6. The predicted molar refractivity (Wildman–Crippen MR) is 98.2 cm³/mol. The zero-order valence-corrected chi connectivity index (χ0v) is 14.9. The van der Waals surface area contributed by atoms with Gasteiger partial charge in [0, 0.05) is 38.3 Å². The van der Waals surface area contributed by atoms with Crippen molar-refractivity contribution in [1.82, 2.24) is 19.9 Å². The van der Waals surface area contributed by atoms with Crippen molar-refractivity contribution in [1.29, 1.82) is 0 Å². The third kappa shape index (κ3) is 3.12. The maximum Gasteiger partial charge on any atom is 0.298 e. The summed E-state index contributed by atoms with van der Waals surface area (Å²) in [5.74, 6) is 0.839. The van der Waals surface area contributed by atoms with Crippen LogP contribution in [0.4, 0.5) is 6.01 Å². The average Bonchev–Trinajstić information content (AvgIpc) is 3.12. The van der Waals surface area contributed by atoms with Crippen molar-refractivity contribution < 1.29 is 9.21 Å². The fourth-order valence-electron chi connectivity index (χ4n) is 3.03. The van der Waals surface area contributed by atoms with E-state index in [1.165, 1.54) is 0 Å². The van der Waals surface area contributed by atoms with Gasteiger partial charge in [0.2, 0.25) is 0 Å². The molecule has 4 rings (SSSR count). The predicted octanol–water partition coefficient (Wildman–Crippen LogP) is 2.70. The number of aromatic nitrogens is 3. The van der Waals surface area contributed by atoms with Gasteiger partial charge >= 0.3 is 0 Å². The van der Waals surface area contributed by atoms with Crippen LogP contribution >= 0.6 is 0 Å². The van der Waals surface area contributed by atoms with Crippen LogP contribution in [0.3, 0.4) is 0 Å². The normalized spacial score (nSPS) is 15.0. The molecular weight excluding hydrogens is 330 g/mol. The van der Waals surface area contributed by atoms with Crippen molar-refractivity contribution in [2.75, 3.05) is 31.1 Å². The molecule has 1 amide bonds. The number of amides is 1. The van der Waals surface area contributed by atoms with E-state index in [-0.39, 0.29) is 11.8 Å². The van der Waals surface area contributed by atoms with Gasteiger partial charge in [-0.1, -0.05) is 26.0 Å². The lowest BCUT2D eigenvalue weighted by Gasteiger charge is -2.33. The second kappa shape index (κ2) is 6.74. The SMILES string of the molecule is CC(C)c1nccc(C(=O)N2CCN(c3nc4ccccc4o3)CC2)n1. The van der Waals surface area contributed by atoms with E-state index < -0.39 is 0 Å².